The Morgan fingerprint density at radius 1 is 0.889 bits per heavy atom. The molecule has 0 fully saturated rings. The van der Waals surface area contributed by atoms with Gasteiger partial charge in [-0.3, -0.25) is 0 Å². The van der Waals surface area contributed by atoms with Crippen molar-refractivity contribution in [3.8, 4) is 5.88 Å². The summed E-state index contributed by atoms with van der Waals surface area (Å²) in [5.41, 5.74) is 6.70. The predicted molar refractivity (Wildman–Crippen MR) is 108 cm³/mol. The van der Waals surface area contributed by atoms with E-state index in [1.807, 2.05) is 49.4 Å². The molecule has 136 valence electrons. The molecular formula is C23H23N3O. The van der Waals surface area contributed by atoms with Gasteiger partial charge in [0.2, 0.25) is 5.88 Å². The van der Waals surface area contributed by atoms with Crippen molar-refractivity contribution in [3.05, 3.63) is 88.7 Å². The molecule has 0 bridgehead atoms. The van der Waals surface area contributed by atoms with Crippen molar-refractivity contribution in [2.24, 2.45) is 0 Å². The van der Waals surface area contributed by atoms with Gasteiger partial charge in [0.1, 0.15) is 17.9 Å². The number of hydrogen-bond acceptors (Lipinski definition) is 3. The van der Waals surface area contributed by atoms with Gasteiger partial charge >= 0.3 is 0 Å². The number of rotatable bonds is 5. The fourth-order valence-electron chi connectivity index (χ4n) is 3.24. The van der Waals surface area contributed by atoms with Gasteiger partial charge in [0.05, 0.1) is 6.54 Å². The maximum atomic E-state index is 5.91. The van der Waals surface area contributed by atoms with E-state index in [2.05, 4.69) is 41.6 Å². The van der Waals surface area contributed by atoms with Crippen LogP contribution in [0.5, 0.6) is 5.88 Å². The molecule has 0 aliphatic heterocycles. The smallest absolute Gasteiger partial charge is 0.215 e. The molecule has 4 heteroatoms. The Labute approximate surface area is 159 Å². The van der Waals surface area contributed by atoms with Crippen LogP contribution in [0.25, 0.3) is 11.2 Å². The van der Waals surface area contributed by atoms with Crippen molar-refractivity contribution in [2.45, 2.75) is 33.9 Å². The standard InChI is InChI=1S/C23H23N3O/c1-16-9-10-17(2)20(13-16)14-26-18(3)24-21-11-12-22(25-23(21)26)27-15-19-7-5-4-6-8-19/h4-13H,14-15H2,1-3H3. The number of benzene rings is 2. The van der Waals surface area contributed by atoms with Gasteiger partial charge in [-0.2, -0.15) is 4.98 Å². The average molecular weight is 357 g/mol. The van der Waals surface area contributed by atoms with Crippen LogP contribution < -0.4 is 4.74 Å². The zero-order valence-electron chi connectivity index (χ0n) is 15.9. The van der Waals surface area contributed by atoms with E-state index in [1.165, 1.54) is 16.7 Å². The highest BCUT2D eigenvalue weighted by atomic mass is 16.5. The molecule has 0 atom stereocenters. The van der Waals surface area contributed by atoms with Crippen molar-refractivity contribution in [2.75, 3.05) is 0 Å². The minimum Gasteiger partial charge on any atom is -0.473 e. The second-order valence-electron chi connectivity index (χ2n) is 6.94. The molecule has 2 aromatic carbocycles. The lowest BCUT2D eigenvalue weighted by molar-refractivity contribution is 0.294. The largest absolute Gasteiger partial charge is 0.473 e. The van der Waals surface area contributed by atoms with E-state index in [0.29, 0.717) is 12.5 Å². The van der Waals surface area contributed by atoms with Crippen molar-refractivity contribution < 1.29 is 4.74 Å². The predicted octanol–water partition coefficient (Wildman–Crippen LogP) is 4.98. The van der Waals surface area contributed by atoms with E-state index < -0.39 is 0 Å². The fraction of sp³-hybridized carbons (Fsp3) is 0.217. The van der Waals surface area contributed by atoms with Gasteiger partial charge < -0.3 is 9.30 Å². The summed E-state index contributed by atoms with van der Waals surface area (Å²) in [7, 11) is 0. The summed E-state index contributed by atoms with van der Waals surface area (Å²) in [5, 5.41) is 0. The Kier molecular flexibility index (Phi) is 4.63. The molecule has 0 saturated heterocycles. The zero-order chi connectivity index (χ0) is 18.8. The molecular weight excluding hydrogens is 334 g/mol. The first kappa shape index (κ1) is 17.3. The van der Waals surface area contributed by atoms with E-state index >= 15 is 0 Å². The molecule has 27 heavy (non-hydrogen) atoms. The van der Waals surface area contributed by atoms with Crippen LogP contribution in [0.1, 0.15) is 28.1 Å². The summed E-state index contributed by atoms with van der Waals surface area (Å²) >= 11 is 0. The molecule has 0 unspecified atom stereocenters. The SMILES string of the molecule is Cc1ccc(C)c(Cn2c(C)nc3ccc(OCc4ccccc4)nc32)c1. The maximum absolute atomic E-state index is 5.91. The summed E-state index contributed by atoms with van der Waals surface area (Å²) in [6.07, 6.45) is 0. The van der Waals surface area contributed by atoms with E-state index in [4.69, 9.17) is 9.72 Å². The van der Waals surface area contributed by atoms with Gasteiger partial charge in [0.25, 0.3) is 0 Å². The molecule has 2 aromatic heterocycles. The topological polar surface area (TPSA) is 39.9 Å². The first-order chi connectivity index (χ1) is 13.1. The van der Waals surface area contributed by atoms with E-state index in [1.54, 1.807) is 0 Å². The van der Waals surface area contributed by atoms with Crippen molar-refractivity contribution in [3.63, 3.8) is 0 Å². The van der Waals surface area contributed by atoms with Gasteiger partial charge in [-0.15, -0.1) is 0 Å². The summed E-state index contributed by atoms with van der Waals surface area (Å²) in [6, 6.07) is 20.5. The van der Waals surface area contributed by atoms with Gasteiger partial charge in [-0.05, 0) is 43.5 Å². The summed E-state index contributed by atoms with van der Waals surface area (Å²) in [5.74, 6) is 1.58. The van der Waals surface area contributed by atoms with Crippen LogP contribution in [-0.4, -0.2) is 14.5 Å². The lowest BCUT2D eigenvalue weighted by Gasteiger charge is -2.11. The third-order valence-electron chi connectivity index (χ3n) is 4.82. The molecule has 0 aliphatic carbocycles. The molecule has 2 heterocycles. The molecule has 0 amide bonds. The van der Waals surface area contributed by atoms with Crippen molar-refractivity contribution in [1.82, 2.24) is 14.5 Å². The van der Waals surface area contributed by atoms with Gasteiger partial charge in [-0.25, -0.2) is 4.98 Å². The van der Waals surface area contributed by atoms with Crippen LogP contribution in [0, 0.1) is 20.8 Å². The number of nitrogens with zero attached hydrogens (tertiary/aromatic N) is 3. The Morgan fingerprint density at radius 3 is 2.52 bits per heavy atom. The number of hydrogen-bond donors (Lipinski definition) is 0. The number of imidazole rings is 1. The highest BCUT2D eigenvalue weighted by Gasteiger charge is 2.12. The van der Waals surface area contributed by atoms with Crippen LogP contribution in [0.15, 0.2) is 60.7 Å². The number of ether oxygens (including phenoxy) is 1. The summed E-state index contributed by atoms with van der Waals surface area (Å²) < 4.78 is 8.06. The number of fused-ring (bicyclic) bond motifs is 1. The van der Waals surface area contributed by atoms with Crippen LogP contribution >= 0.6 is 0 Å². The minimum atomic E-state index is 0.503. The van der Waals surface area contributed by atoms with Crippen molar-refractivity contribution >= 4 is 11.2 Å². The number of aromatic nitrogens is 3. The molecule has 0 saturated carbocycles. The molecule has 0 aliphatic rings. The van der Waals surface area contributed by atoms with Crippen LogP contribution in [0.4, 0.5) is 0 Å². The zero-order valence-corrected chi connectivity index (χ0v) is 15.9. The summed E-state index contributed by atoms with van der Waals surface area (Å²) in [4.78, 5) is 9.40. The molecule has 4 rings (SSSR count). The third-order valence-corrected chi connectivity index (χ3v) is 4.82. The van der Waals surface area contributed by atoms with Gasteiger partial charge in [0, 0.05) is 6.07 Å². The van der Waals surface area contributed by atoms with Crippen LogP contribution in [0.2, 0.25) is 0 Å². The highest BCUT2D eigenvalue weighted by Crippen LogP contribution is 2.21. The molecule has 4 aromatic rings. The van der Waals surface area contributed by atoms with E-state index in [0.717, 1.165) is 29.1 Å². The second-order valence-corrected chi connectivity index (χ2v) is 6.94. The van der Waals surface area contributed by atoms with Gasteiger partial charge in [-0.1, -0.05) is 54.1 Å². The second kappa shape index (κ2) is 7.23. The Balaban J connectivity index is 1.64. The number of pyridine rings is 1. The Hall–Kier alpha value is -3.14. The molecule has 0 radical (unpaired) electrons. The average Bonchev–Trinajstić information content (AvgIpc) is 2.99. The first-order valence-electron chi connectivity index (χ1n) is 9.17. The molecule has 4 nitrogen and oxygen atoms in total. The molecule has 0 spiro atoms. The van der Waals surface area contributed by atoms with Gasteiger partial charge in [0.15, 0.2) is 5.65 Å². The highest BCUT2D eigenvalue weighted by molar-refractivity contribution is 5.72. The Morgan fingerprint density at radius 2 is 1.70 bits per heavy atom. The normalized spacial score (nSPS) is 11.1. The lowest BCUT2D eigenvalue weighted by atomic mass is 10.1. The quantitative estimate of drug-likeness (QED) is 0.505. The van der Waals surface area contributed by atoms with Crippen LogP contribution in [-0.2, 0) is 13.2 Å². The summed E-state index contributed by atoms with van der Waals surface area (Å²) in [6.45, 7) is 7.55. The third kappa shape index (κ3) is 3.70. The fourth-order valence-corrected chi connectivity index (χ4v) is 3.24. The number of aryl methyl sites for hydroxylation is 3. The Bertz CT molecular complexity index is 1080. The van der Waals surface area contributed by atoms with E-state index in [9.17, 15) is 0 Å². The maximum Gasteiger partial charge on any atom is 0.215 e. The van der Waals surface area contributed by atoms with Crippen LogP contribution in [0.3, 0.4) is 0 Å². The van der Waals surface area contributed by atoms with E-state index in [-0.39, 0.29) is 0 Å². The monoisotopic (exact) mass is 357 g/mol. The van der Waals surface area contributed by atoms with Crippen molar-refractivity contribution in [1.29, 1.82) is 0 Å². The molecule has 0 N–H and O–H groups in total. The first-order valence-corrected chi connectivity index (χ1v) is 9.17. The minimum absolute atomic E-state index is 0.503. The lowest BCUT2D eigenvalue weighted by Crippen LogP contribution is -2.05.